The molecule has 0 aliphatic heterocycles. The molecule has 0 aliphatic carbocycles. The number of aliphatic carboxylic acids is 1. The second kappa shape index (κ2) is 42.6. The number of carbonyl (C=O) groups is 12. The van der Waals surface area contributed by atoms with Crippen molar-refractivity contribution >= 4 is 107 Å². The highest BCUT2D eigenvalue weighted by Gasteiger charge is 2.39. The molecule has 3 aromatic heterocycles. The van der Waals surface area contributed by atoms with Crippen molar-refractivity contribution in [3.8, 4) is 0 Å². The minimum absolute atomic E-state index is 0.0618. The first-order valence-electron chi connectivity index (χ1n) is 35.1. The van der Waals surface area contributed by atoms with Crippen LogP contribution in [0.3, 0.4) is 0 Å². The van der Waals surface area contributed by atoms with Crippen molar-refractivity contribution in [2.24, 2.45) is 17.2 Å². The third kappa shape index (κ3) is 25.9. The van der Waals surface area contributed by atoms with Gasteiger partial charge in [0.25, 0.3) is 0 Å². The summed E-state index contributed by atoms with van der Waals surface area (Å²) in [5.74, 6) is -12.2. The highest BCUT2D eigenvalue weighted by Crippen LogP contribution is 2.21. The summed E-state index contributed by atoms with van der Waals surface area (Å²) in [6.07, 6.45) is 2.82. The van der Waals surface area contributed by atoms with Gasteiger partial charge in [-0.3, -0.25) is 57.3 Å². The molecule has 0 aliphatic rings. The van der Waals surface area contributed by atoms with E-state index in [1.165, 1.54) is 25.0 Å². The molecule has 34 nitrogen and oxygen atoms in total. The van der Waals surface area contributed by atoms with Crippen molar-refractivity contribution in [1.29, 1.82) is 0 Å². The van der Waals surface area contributed by atoms with Gasteiger partial charge in [0.15, 0.2) is 0 Å². The Hall–Kier alpha value is -10.9. The molecule has 0 fully saturated rings. The lowest BCUT2D eigenvalue weighted by Crippen LogP contribution is -2.63. The molecular weight excluding hydrogens is 1450 g/mol. The van der Waals surface area contributed by atoms with Crippen molar-refractivity contribution in [2.45, 2.75) is 156 Å². The van der Waals surface area contributed by atoms with Crippen molar-refractivity contribution in [3.05, 3.63) is 180 Å². The molecule has 7 rings (SSSR count). The van der Waals surface area contributed by atoms with Gasteiger partial charge < -0.3 is 101 Å². The van der Waals surface area contributed by atoms with Gasteiger partial charge in [-0.2, -0.15) is 25.3 Å². The number of aliphatic hydroxyl groups excluding tert-OH is 3. The molecule has 10 amide bonds. The Bertz CT molecular complexity index is 4190. The lowest BCUT2D eigenvalue weighted by Gasteiger charge is -2.29. The number of benzene rings is 4. The topological polar surface area (TPSA) is 546 Å². The average Bonchev–Trinajstić information content (AvgIpc) is 1.78. The van der Waals surface area contributed by atoms with E-state index in [0.717, 1.165) is 18.4 Å². The number of fused-ring (bicyclic) bond motifs is 1. The predicted molar refractivity (Wildman–Crippen MR) is 405 cm³/mol. The smallest absolute Gasteiger partial charge is 0.327 e. The highest BCUT2D eigenvalue weighted by atomic mass is 32.1. The molecule has 0 saturated heterocycles. The van der Waals surface area contributed by atoms with Crippen LogP contribution in [0.5, 0.6) is 0 Å². The molecule has 36 heteroatoms. The number of aromatic nitrogens is 5. The van der Waals surface area contributed by atoms with Gasteiger partial charge in [0, 0.05) is 85.2 Å². The van der Waals surface area contributed by atoms with E-state index in [0.29, 0.717) is 45.3 Å². The zero-order valence-corrected chi connectivity index (χ0v) is 61.6. The number of nitrogens with two attached hydrogens (primary N) is 3. The first-order chi connectivity index (χ1) is 52.2. The number of nitrogens with zero attached hydrogens (tertiary/aromatic N) is 3. The molecule has 0 unspecified atom stereocenters. The van der Waals surface area contributed by atoms with Crippen molar-refractivity contribution < 1.29 is 78.0 Å². The number of carboxylic acid groups (broad SMARTS) is 1. The van der Waals surface area contributed by atoms with E-state index < -0.39 is 162 Å². The van der Waals surface area contributed by atoms with Gasteiger partial charge in [0.2, 0.25) is 65.0 Å². The standard InChI is InChI=1S/C73H94N18O16S2/c1-40(93)60(70(103)86-55(28-44-20-10-5-11-21-44)68(101)90-61(41(2)94)71(104)87-58(35-92)69(102)88-59(37-109)73(106)107)89-63(96)52(24-14-15-25-74)81-66(99)56(29-45-32-78-51-23-13-12-22-48(45)51)85-65(98)54(27-43-18-8-4-9-19-43)83-64(97)53(26-42-16-6-3-7-17-42)84-67(100)57(31-46-33-77-38-79-46)82-62(95)49(75)30-47-34-91(39-80-47)72(105)50(76)36-108/h3-13,16-23,32-34,38-41,49-50,52-61,78,92-94,108-109H,14-15,24-31,35-37,74-76H2,1-2H3,(H,77,79)(H,81,99)(H,82,95)(H,83,97)(H,84,100)(H,85,98)(H,86,103)(H,87,104)(H,88,102)(H,89,96)(H,90,101)(H,106,107)/t40-,41-,49-,50+,52+,53+,54+,55+,56-,57-,58+,59+,60+,61+/m1/s1. The number of nitrogens with one attached hydrogen (secondary N) is 12. The molecule has 4 aromatic carbocycles. The number of imidazole rings is 2. The Morgan fingerprint density at radius 3 is 1.39 bits per heavy atom. The number of hydrogen-bond donors (Lipinski definition) is 21. The Balaban J connectivity index is 1.15. The SMILES string of the molecule is C[C@@H](O)[C@H](NC(=O)[C@H](Cc1ccccc1)NC(=O)[C@@H](NC(=O)[C@H](CCCCN)NC(=O)[C@@H](Cc1c[nH]c2ccccc12)NC(=O)[C@H](Cc1ccccc1)NC(=O)[C@H](Cc1ccccc1)NC(=O)[C@@H](Cc1cnc[nH]1)NC(=O)[C@H](N)Cc1cn(C(=O)[C@@H](N)CS)cn1)[C@@H](C)O)C(=O)N[C@@H](CO)C(=O)N[C@@H](CS)C(=O)O. The lowest BCUT2D eigenvalue weighted by atomic mass is 10.00. The molecule has 109 heavy (non-hydrogen) atoms. The van der Waals surface area contributed by atoms with Gasteiger partial charge in [-0.25, -0.2) is 14.8 Å². The minimum atomic E-state index is -1.88. The molecule has 0 radical (unpaired) electrons. The van der Waals surface area contributed by atoms with Crippen LogP contribution in [0.15, 0.2) is 147 Å². The van der Waals surface area contributed by atoms with Crippen LogP contribution in [0.25, 0.3) is 10.9 Å². The van der Waals surface area contributed by atoms with E-state index in [9.17, 15) is 63.6 Å². The number of carboxylic acids is 1. The van der Waals surface area contributed by atoms with Crippen LogP contribution in [-0.4, -0.2) is 225 Å². The predicted octanol–water partition coefficient (Wildman–Crippen LogP) is -3.19. The largest absolute Gasteiger partial charge is 0.480 e. The molecule has 3 heterocycles. The van der Waals surface area contributed by atoms with E-state index in [1.54, 1.807) is 121 Å². The van der Waals surface area contributed by atoms with Crippen LogP contribution in [0.2, 0.25) is 0 Å². The maximum Gasteiger partial charge on any atom is 0.327 e. The summed E-state index contributed by atoms with van der Waals surface area (Å²) in [7, 11) is 0. The van der Waals surface area contributed by atoms with Gasteiger partial charge in [0.05, 0.1) is 42.9 Å². The summed E-state index contributed by atoms with van der Waals surface area (Å²) in [6.45, 7) is 1.39. The number of thiol groups is 2. The highest BCUT2D eigenvalue weighted by molar-refractivity contribution is 7.80. The third-order valence-electron chi connectivity index (χ3n) is 17.6. The third-order valence-corrected chi connectivity index (χ3v) is 18.3. The summed E-state index contributed by atoms with van der Waals surface area (Å²) in [5, 5.41) is 67.7. The Morgan fingerprint density at radius 2 is 0.917 bits per heavy atom. The van der Waals surface area contributed by atoms with E-state index in [4.69, 9.17) is 17.2 Å². The number of H-pyrrole nitrogens is 2. The van der Waals surface area contributed by atoms with Gasteiger partial charge >= 0.3 is 5.97 Å². The van der Waals surface area contributed by atoms with E-state index in [-0.39, 0.29) is 75.1 Å². The van der Waals surface area contributed by atoms with Crippen LogP contribution in [-0.2, 0) is 91.3 Å². The molecule has 7 aromatic rings. The summed E-state index contributed by atoms with van der Waals surface area (Å²) in [5.41, 5.74) is 21.6. The van der Waals surface area contributed by atoms with Crippen LogP contribution >= 0.6 is 25.3 Å². The van der Waals surface area contributed by atoms with Gasteiger partial charge in [-0.05, 0) is 68.0 Å². The van der Waals surface area contributed by atoms with Crippen molar-refractivity contribution in [2.75, 3.05) is 24.7 Å². The van der Waals surface area contributed by atoms with E-state index in [2.05, 4.69) is 98.4 Å². The fraction of sp³-hybridized carbons (Fsp3) is 0.397. The van der Waals surface area contributed by atoms with Crippen LogP contribution in [0.4, 0.5) is 0 Å². The van der Waals surface area contributed by atoms with Crippen LogP contribution in [0, 0.1) is 0 Å². The van der Waals surface area contributed by atoms with E-state index in [1.807, 2.05) is 0 Å². The van der Waals surface area contributed by atoms with Crippen LogP contribution < -0.4 is 70.4 Å². The maximum atomic E-state index is 15.3. The lowest BCUT2D eigenvalue weighted by molar-refractivity contribution is -0.142. The van der Waals surface area contributed by atoms with Crippen LogP contribution in [0.1, 0.15) is 71.5 Å². The zero-order valence-electron chi connectivity index (χ0n) is 59.8. The molecule has 0 bridgehead atoms. The second-order valence-electron chi connectivity index (χ2n) is 26.1. The first-order valence-corrected chi connectivity index (χ1v) is 36.3. The summed E-state index contributed by atoms with van der Waals surface area (Å²) >= 11 is 7.99. The Kier molecular flexibility index (Phi) is 33.4. The number of aromatic amines is 2. The molecule has 22 N–H and O–H groups in total. The number of amides is 10. The summed E-state index contributed by atoms with van der Waals surface area (Å²) < 4.78 is 1.16. The van der Waals surface area contributed by atoms with Gasteiger partial charge in [-0.15, -0.1) is 0 Å². The number of carbonyl (C=O) groups excluding carboxylic acids is 11. The zero-order chi connectivity index (χ0) is 79.3. The van der Waals surface area contributed by atoms with E-state index >= 15 is 14.4 Å². The molecule has 0 saturated carbocycles. The fourth-order valence-corrected chi connectivity index (χ4v) is 11.9. The molecular formula is C73H94N18O16S2. The van der Waals surface area contributed by atoms with Crippen molar-refractivity contribution in [1.82, 2.24) is 77.7 Å². The minimum Gasteiger partial charge on any atom is -0.480 e. The normalized spacial score (nSPS) is 15.1. The monoisotopic (exact) mass is 1540 g/mol. The fourth-order valence-electron chi connectivity index (χ4n) is 11.5. The number of para-hydroxylation sites is 1. The van der Waals surface area contributed by atoms with Crippen molar-refractivity contribution in [3.63, 3.8) is 0 Å². The second-order valence-corrected chi connectivity index (χ2v) is 26.8. The quantitative estimate of drug-likeness (QED) is 0.0132. The molecule has 584 valence electrons. The number of hydrogen-bond acceptors (Lipinski definition) is 22. The number of rotatable bonds is 43. The Labute approximate surface area is 638 Å². The maximum absolute atomic E-state index is 15.3. The molecule has 14 atom stereocenters. The number of aliphatic hydroxyl groups is 3. The molecule has 0 spiro atoms. The summed E-state index contributed by atoms with van der Waals surface area (Å²) in [4.78, 5) is 183. The number of unbranched alkanes of at least 4 members (excludes halogenated alkanes) is 1. The first kappa shape index (κ1) is 85.4. The van der Waals surface area contributed by atoms with Gasteiger partial charge in [-0.1, -0.05) is 109 Å². The van der Waals surface area contributed by atoms with Gasteiger partial charge in [0.1, 0.15) is 66.7 Å². The summed E-state index contributed by atoms with van der Waals surface area (Å²) in [6, 6.07) is 14.0. The Morgan fingerprint density at radius 1 is 0.486 bits per heavy atom. The average molecular weight is 1540 g/mol.